The minimum Gasteiger partial charge on any atom is -0.375 e. The molecule has 2 saturated carbocycles. The number of carbonyl (C=O) groups is 1. The SMILES string of the molecule is O=C(C1CC(F)(F)C1)N1C[C@@H]2CCC[C@]2(COCc2ccccn2)C1. The van der Waals surface area contributed by atoms with Crippen molar-refractivity contribution >= 4 is 5.91 Å². The zero-order chi connectivity index (χ0) is 17.5. The van der Waals surface area contributed by atoms with Gasteiger partial charge in [0.05, 0.1) is 18.9 Å². The molecule has 3 fully saturated rings. The highest BCUT2D eigenvalue weighted by atomic mass is 19.3. The topological polar surface area (TPSA) is 42.4 Å². The predicted octanol–water partition coefficient (Wildman–Crippen LogP) is 3.27. The van der Waals surface area contributed by atoms with Crippen molar-refractivity contribution < 1.29 is 18.3 Å². The van der Waals surface area contributed by atoms with Gasteiger partial charge in [0.2, 0.25) is 11.8 Å². The second-order valence-electron chi connectivity index (χ2n) is 7.95. The third kappa shape index (κ3) is 3.28. The summed E-state index contributed by atoms with van der Waals surface area (Å²) < 4.78 is 32.1. The monoisotopic (exact) mass is 350 g/mol. The summed E-state index contributed by atoms with van der Waals surface area (Å²) in [4.78, 5) is 18.6. The van der Waals surface area contributed by atoms with Gasteiger partial charge in [-0.25, -0.2) is 8.78 Å². The number of likely N-dealkylation sites (tertiary alicyclic amines) is 1. The molecule has 6 heteroatoms. The van der Waals surface area contributed by atoms with Crippen LogP contribution >= 0.6 is 0 Å². The third-order valence-corrected chi connectivity index (χ3v) is 6.16. The van der Waals surface area contributed by atoms with E-state index in [0.29, 0.717) is 32.2 Å². The maximum absolute atomic E-state index is 13.1. The van der Waals surface area contributed by atoms with Gasteiger partial charge in [-0.1, -0.05) is 12.5 Å². The van der Waals surface area contributed by atoms with Crippen LogP contribution in [0.1, 0.15) is 37.8 Å². The predicted molar refractivity (Wildman–Crippen MR) is 87.9 cm³/mol. The number of halogens is 2. The van der Waals surface area contributed by atoms with Crippen molar-refractivity contribution in [3.63, 3.8) is 0 Å². The van der Waals surface area contributed by atoms with Crippen LogP contribution in [0.25, 0.3) is 0 Å². The number of fused-ring (bicyclic) bond motifs is 1. The molecule has 1 amide bonds. The molecule has 1 saturated heterocycles. The van der Waals surface area contributed by atoms with Gasteiger partial charge in [-0.2, -0.15) is 0 Å². The van der Waals surface area contributed by atoms with E-state index in [2.05, 4.69) is 4.98 Å². The number of hydrogen-bond donors (Lipinski definition) is 0. The molecule has 0 spiro atoms. The molecule has 136 valence electrons. The molecule has 0 aromatic carbocycles. The average molecular weight is 350 g/mol. The highest BCUT2D eigenvalue weighted by Crippen LogP contribution is 2.51. The van der Waals surface area contributed by atoms with Gasteiger partial charge in [0, 0.05) is 43.5 Å². The minimum atomic E-state index is -2.64. The first kappa shape index (κ1) is 16.9. The number of hydrogen-bond acceptors (Lipinski definition) is 3. The van der Waals surface area contributed by atoms with Gasteiger partial charge in [0.1, 0.15) is 0 Å². The van der Waals surface area contributed by atoms with Crippen LogP contribution in [0.3, 0.4) is 0 Å². The molecule has 4 nitrogen and oxygen atoms in total. The van der Waals surface area contributed by atoms with Crippen LogP contribution in [0, 0.1) is 17.3 Å². The lowest BCUT2D eigenvalue weighted by Crippen LogP contribution is -2.46. The van der Waals surface area contributed by atoms with E-state index < -0.39 is 11.8 Å². The Balaban J connectivity index is 1.35. The van der Waals surface area contributed by atoms with Crippen LogP contribution < -0.4 is 0 Å². The van der Waals surface area contributed by atoms with E-state index in [4.69, 9.17) is 4.74 Å². The van der Waals surface area contributed by atoms with Crippen molar-refractivity contribution in [3.8, 4) is 0 Å². The van der Waals surface area contributed by atoms with E-state index in [1.165, 1.54) is 0 Å². The smallest absolute Gasteiger partial charge is 0.249 e. The van der Waals surface area contributed by atoms with E-state index in [1.54, 1.807) is 6.20 Å². The van der Waals surface area contributed by atoms with Gasteiger partial charge in [-0.15, -0.1) is 0 Å². The Hall–Kier alpha value is -1.56. The molecule has 2 atom stereocenters. The van der Waals surface area contributed by atoms with Crippen molar-refractivity contribution in [3.05, 3.63) is 30.1 Å². The summed E-state index contributed by atoms with van der Waals surface area (Å²) in [5.41, 5.74) is 0.896. The molecule has 0 radical (unpaired) electrons. The fraction of sp³-hybridized carbons (Fsp3) is 0.684. The van der Waals surface area contributed by atoms with Crippen molar-refractivity contribution in [2.45, 2.75) is 44.6 Å². The van der Waals surface area contributed by atoms with Crippen LogP contribution in [0.4, 0.5) is 8.78 Å². The van der Waals surface area contributed by atoms with Gasteiger partial charge >= 0.3 is 0 Å². The highest BCUT2D eigenvalue weighted by molar-refractivity contribution is 5.80. The van der Waals surface area contributed by atoms with Crippen LogP contribution in [0.15, 0.2) is 24.4 Å². The molecule has 4 rings (SSSR count). The number of aromatic nitrogens is 1. The number of ether oxygens (including phenoxy) is 1. The number of amides is 1. The highest BCUT2D eigenvalue weighted by Gasteiger charge is 2.55. The van der Waals surface area contributed by atoms with Gasteiger partial charge in [-0.3, -0.25) is 9.78 Å². The largest absolute Gasteiger partial charge is 0.375 e. The Bertz CT molecular complexity index is 632. The average Bonchev–Trinajstić information content (AvgIpc) is 3.10. The summed E-state index contributed by atoms with van der Waals surface area (Å²) in [6.45, 7) is 2.44. The van der Waals surface area contributed by atoms with Crippen molar-refractivity contribution in [1.82, 2.24) is 9.88 Å². The maximum Gasteiger partial charge on any atom is 0.249 e. The fourth-order valence-electron chi connectivity index (χ4n) is 4.75. The second-order valence-corrected chi connectivity index (χ2v) is 7.95. The summed E-state index contributed by atoms with van der Waals surface area (Å²) in [7, 11) is 0. The standard InChI is InChI=1S/C19H24F2N2O2/c20-19(21)8-14(9-19)17(24)23-10-15-4-3-6-18(15,12-23)13-25-11-16-5-1-2-7-22-16/h1-2,5,7,14-15H,3-4,6,8-13H2/t15-,18+/m0/s1. The number of alkyl halides is 2. The first-order valence-corrected chi connectivity index (χ1v) is 9.12. The third-order valence-electron chi connectivity index (χ3n) is 6.16. The maximum atomic E-state index is 13.1. The Kier molecular flexibility index (Phi) is 4.26. The Morgan fingerprint density at radius 2 is 2.20 bits per heavy atom. The van der Waals surface area contributed by atoms with E-state index in [0.717, 1.165) is 25.0 Å². The van der Waals surface area contributed by atoms with E-state index in [1.807, 2.05) is 23.1 Å². The van der Waals surface area contributed by atoms with E-state index in [9.17, 15) is 13.6 Å². The Labute approximate surface area is 146 Å². The van der Waals surface area contributed by atoms with Crippen LogP contribution in [-0.2, 0) is 16.1 Å². The summed E-state index contributed by atoms with van der Waals surface area (Å²) in [5, 5.41) is 0. The summed E-state index contributed by atoms with van der Waals surface area (Å²) in [5.74, 6) is -2.77. The molecular formula is C19H24F2N2O2. The normalized spacial score (nSPS) is 31.0. The lowest BCUT2D eigenvalue weighted by atomic mass is 9.80. The van der Waals surface area contributed by atoms with Gasteiger partial charge in [0.15, 0.2) is 0 Å². The van der Waals surface area contributed by atoms with Crippen LogP contribution in [0.2, 0.25) is 0 Å². The lowest BCUT2D eigenvalue weighted by Gasteiger charge is -2.36. The first-order valence-electron chi connectivity index (χ1n) is 9.12. The van der Waals surface area contributed by atoms with Crippen molar-refractivity contribution in [2.24, 2.45) is 17.3 Å². The lowest BCUT2D eigenvalue weighted by molar-refractivity contribution is -0.159. The van der Waals surface area contributed by atoms with Gasteiger partial charge < -0.3 is 9.64 Å². The molecule has 1 aromatic heterocycles. The van der Waals surface area contributed by atoms with Gasteiger partial charge in [0.25, 0.3) is 0 Å². The molecule has 0 unspecified atom stereocenters. The minimum absolute atomic E-state index is 0.00327. The van der Waals surface area contributed by atoms with Crippen molar-refractivity contribution in [2.75, 3.05) is 19.7 Å². The first-order chi connectivity index (χ1) is 12.0. The summed E-state index contributed by atoms with van der Waals surface area (Å²) >= 11 is 0. The molecule has 2 aliphatic carbocycles. The van der Waals surface area contributed by atoms with E-state index >= 15 is 0 Å². The molecule has 0 bridgehead atoms. The molecular weight excluding hydrogens is 326 g/mol. The summed E-state index contributed by atoms with van der Waals surface area (Å²) in [6.07, 6.45) is 4.48. The molecule has 3 aliphatic rings. The zero-order valence-corrected chi connectivity index (χ0v) is 14.3. The van der Waals surface area contributed by atoms with Crippen LogP contribution in [0.5, 0.6) is 0 Å². The Morgan fingerprint density at radius 3 is 2.92 bits per heavy atom. The number of pyridine rings is 1. The Morgan fingerprint density at radius 1 is 1.36 bits per heavy atom. The second kappa shape index (κ2) is 6.31. The number of rotatable bonds is 5. The number of nitrogens with zero attached hydrogens (tertiary/aromatic N) is 2. The molecule has 25 heavy (non-hydrogen) atoms. The van der Waals surface area contributed by atoms with Crippen LogP contribution in [-0.4, -0.2) is 41.4 Å². The quantitative estimate of drug-likeness (QED) is 0.818. The molecule has 1 aromatic rings. The molecule has 0 N–H and O–H groups in total. The summed E-state index contributed by atoms with van der Waals surface area (Å²) in [6, 6.07) is 5.75. The molecule has 2 heterocycles. The molecule has 1 aliphatic heterocycles. The zero-order valence-electron chi connectivity index (χ0n) is 14.3. The van der Waals surface area contributed by atoms with Gasteiger partial charge in [-0.05, 0) is 30.9 Å². The van der Waals surface area contributed by atoms with Crippen molar-refractivity contribution in [1.29, 1.82) is 0 Å². The van der Waals surface area contributed by atoms with E-state index in [-0.39, 0.29) is 24.2 Å². The fourth-order valence-corrected chi connectivity index (χ4v) is 4.75. The number of carbonyl (C=O) groups excluding carboxylic acids is 1.